The van der Waals surface area contributed by atoms with Crippen molar-refractivity contribution in [1.82, 2.24) is 9.55 Å². The average Bonchev–Trinajstić information content (AvgIpc) is 2.82. The topological polar surface area (TPSA) is 21.1 Å². The molecule has 0 amide bonds. The third-order valence-electron chi connectivity index (χ3n) is 3.08. The monoisotopic (exact) mass is 243 g/mol. The maximum Gasteiger partial charge on any atom is 0.205 e. The lowest BCUT2D eigenvalue weighted by Gasteiger charge is -2.23. The lowest BCUT2D eigenvalue weighted by atomic mass is 10.2. The molecule has 1 heterocycles. The molecule has 0 saturated heterocycles. The van der Waals surface area contributed by atoms with Crippen LogP contribution in [0.15, 0.2) is 42.7 Å². The van der Waals surface area contributed by atoms with E-state index in [2.05, 4.69) is 51.7 Å². The molecule has 2 aromatic rings. The van der Waals surface area contributed by atoms with Gasteiger partial charge in [0.2, 0.25) is 5.95 Å². The summed E-state index contributed by atoms with van der Waals surface area (Å²) in [5, 5.41) is 0. The Bertz CT molecular complexity index is 462. The molecule has 96 valence electrons. The maximum atomic E-state index is 4.45. The van der Waals surface area contributed by atoms with Gasteiger partial charge in [-0.25, -0.2) is 4.98 Å². The van der Waals surface area contributed by atoms with Crippen LogP contribution < -0.4 is 4.90 Å². The number of anilines is 1. The second-order valence-electron chi connectivity index (χ2n) is 4.60. The number of rotatable bonds is 6. The summed E-state index contributed by atoms with van der Waals surface area (Å²) in [6, 6.07) is 10.6. The third-order valence-corrected chi connectivity index (χ3v) is 3.08. The van der Waals surface area contributed by atoms with Crippen LogP contribution in [0.4, 0.5) is 5.95 Å². The van der Waals surface area contributed by atoms with Gasteiger partial charge in [0.05, 0.1) is 0 Å². The highest BCUT2D eigenvalue weighted by atomic mass is 15.3. The number of benzene rings is 1. The lowest BCUT2D eigenvalue weighted by molar-refractivity contribution is 0.681. The van der Waals surface area contributed by atoms with Crippen molar-refractivity contribution in [3.63, 3.8) is 0 Å². The Morgan fingerprint density at radius 2 is 2.00 bits per heavy atom. The van der Waals surface area contributed by atoms with Gasteiger partial charge in [0.1, 0.15) is 0 Å². The molecule has 3 nitrogen and oxygen atoms in total. The maximum absolute atomic E-state index is 4.45. The van der Waals surface area contributed by atoms with Crippen molar-refractivity contribution in [2.45, 2.75) is 26.3 Å². The molecule has 3 heteroatoms. The molecule has 0 atom stereocenters. The van der Waals surface area contributed by atoms with Gasteiger partial charge in [0.25, 0.3) is 0 Å². The fourth-order valence-corrected chi connectivity index (χ4v) is 2.07. The molecule has 0 aliphatic rings. The molecule has 2 rings (SSSR count). The van der Waals surface area contributed by atoms with Gasteiger partial charge in [0.15, 0.2) is 0 Å². The molecule has 0 aliphatic carbocycles. The normalized spacial score (nSPS) is 10.6. The van der Waals surface area contributed by atoms with Gasteiger partial charge in [-0.3, -0.25) is 0 Å². The first kappa shape index (κ1) is 12.7. The molecule has 0 fully saturated rings. The Hall–Kier alpha value is -1.77. The average molecular weight is 243 g/mol. The zero-order valence-electron chi connectivity index (χ0n) is 11.2. The first-order valence-corrected chi connectivity index (χ1v) is 6.57. The highest BCUT2D eigenvalue weighted by Gasteiger charge is 2.10. The number of aromatic nitrogens is 2. The summed E-state index contributed by atoms with van der Waals surface area (Å²) < 4.78 is 2.08. The third kappa shape index (κ3) is 3.13. The Balaban J connectivity index is 2.13. The van der Waals surface area contributed by atoms with Gasteiger partial charge in [-0.1, -0.05) is 43.7 Å². The van der Waals surface area contributed by atoms with Gasteiger partial charge in [-0.2, -0.15) is 0 Å². The van der Waals surface area contributed by atoms with Crippen molar-refractivity contribution in [3.8, 4) is 0 Å². The lowest BCUT2D eigenvalue weighted by Crippen LogP contribution is -2.26. The van der Waals surface area contributed by atoms with E-state index in [1.165, 1.54) is 18.4 Å². The molecule has 0 radical (unpaired) electrons. The Labute approximate surface area is 109 Å². The van der Waals surface area contributed by atoms with Crippen LogP contribution in [-0.4, -0.2) is 16.1 Å². The number of imidazole rings is 1. The van der Waals surface area contributed by atoms with Gasteiger partial charge in [-0.15, -0.1) is 0 Å². The van der Waals surface area contributed by atoms with E-state index in [4.69, 9.17) is 0 Å². The van der Waals surface area contributed by atoms with E-state index in [-0.39, 0.29) is 0 Å². The molecule has 0 aliphatic heterocycles. The molecule has 1 aromatic carbocycles. The fraction of sp³-hybridized carbons (Fsp3) is 0.400. The molecule has 0 spiro atoms. The van der Waals surface area contributed by atoms with Crippen molar-refractivity contribution in [1.29, 1.82) is 0 Å². The minimum absolute atomic E-state index is 0.922. The summed E-state index contributed by atoms with van der Waals surface area (Å²) in [7, 11) is 2.05. The van der Waals surface area contributed by atoms with Crippen LogP contribution in [0.2, 0.25) is 0 Å². The van der Waals surface area contributed by atoms with Crippen molar-refractivity contribution < 1.29 is 0 Å². The molecule has 0 unspecified atom stereocenters. The zero-order chi connectivity index (χ0) is 12.8. The number of unbranched alkanes of at least 4 members (excludes halogenated alkanes) is 1. The van der Waals surface area contributed by atoms with E-state index in [1.54, 1.807) is 0 Å². The largest absolute Gasteiger partial charge is 0.338 e. The predicted molar refractivity (Wildman–Crippen MR) is 75.6 cm³/mol. The number of nitrogens with zero attached hydrogens (tertiary/aromatic N) is 3. The minimum atomic E-state index is 0.922. The number of aryl methyl sites for hydroxylation is 1. The molecular formula is C15H21N3. The minimum Gasteiger partial charge on any atom is -0.338 e. The molecule has 0 N–H and O–H groups in total. The number of hydrogen-bond donors (Lipinski definition) is 0. The summed E-state index contributed by atoms with van der Waals surface area (Å²) in [5.41, 5.74) is 1.33. The van der Waals surface area contributed by atoms with Crippen molar-refractivity contribution in [2.24, 2.45) is 7.05 Å². The molecule has 0 bridgehead atoms. The second-order valence-corrected chi connectivity index (χ2v) is 4.60. The van der Waals surface area contributed by atoms with Gasteiger partial charge < -0.3 is 9.47 Å². The Morgan fingerprint density at radius 3 is 2.61 bits per heavy atom. The smallest absolute Gasteiger partial charge is 0.205 e. The van der Waals surface area contributed by atoms with Gasteiger partial charge in [-0.05, 0) is 12.0 Å². The Morgan fingerprint density at radius 1 is 1.22 bits per heavy atom. The zero-order valence-corrected chi connectivity index (χ0v) is 11.2. The van der Waals surface area contributed by atoms with Crippen molar-refractivity contribution in [2.75, 3.05) is 11.4 Å². The molecular weight excluding hydrogens is 222 g/mol. The highest BCUT2D eigenvalue weighted by Crippen LogP contribution is 2.15. The van der Waals surface area contributed by atoms with Crippen molar-refractivity contribution in [3.05, 3.63) is 48.3 Å². The van der Waals surface area contributed by atoms with Crippen LogP contribution in [-0.2, 0) is 13.6 Å². The predicted octanol–water partition coefficient (Wildman–Crippen LogP) is 3.23. The summed E-state index contributed by atoms with van der Waals surface area (Å²) >= 11 is 0. The SMILES string of the molecule is CCCCN(Cc1ccccc1)c1nccn1C. The van der Waals surface area contributed by atoms with Crippen LogP contribution in [0.25, 0.3) is 0 Å². The quantitative estimate of drug-likeness (QED) is 0.776. The fourth-order valence-electron chi connectivity index (χ4n) is 2.07. The van der Waals surface area contributed by atoms with Crippen LogP contribution in [0.1, 0.15) is 25.3 Å². The number of hydrogen-bond acceptors (Lipinski definition) is 2. The van der Waals surface area contributed by atoms with Crippen LogP contribution in [0, 0.1) is 0 Å². The first-order valence-electron chi connectivity index (χ1n) is 6.57. The van der Waals surface area contributed by atoms with E-state index in [1.807, 2.05) is 19.4 Å². The molecule has 0 saturated carbocycles. The summed E-state index contributed by atoms with van der Waals surface area (Å²) in [4.78, 5) is 6.80. The summed E-state index contributed by atoms with van der Waals surface area (Å²) in [6.07, 6.45) is 6.26. The van der Waals surface area contributed by atoms with Crippen LogP contribution in [0.3, 0.4) is 0 Å². The Kier molecular flexibility index (Phi) is 4.40. The van der Waals surface area contributed by atoms with Crippen molar-refractivity contribution >= 4 is 5.95 Å². The summed E-state index contributed by atoms with van der Waals surface area (Å²) in [6.45, 7) is 4.20. The van der Waals surface area contributed by atoms with Gasteiger partial charge >= 0.3 is 0 Å². The van der Waals surface area contributed by atoms with Crippen LogP contribution >= 0.6 is 0 Å². The molecule has 18 heavy (non-hydrogen) atoms. The highest BCUT2D eigenvalue weighted by molar-refractivity contribution is 5.33. The molecule has 1 aromatic heterocycles. The second kappa shape index (κ2) is 6.24. The van der Waals surface area contributed by atoms with E-state index in [0.29, 0.717) is 0 Å². The van der Waals surface area contributed by atoms with Crippen LogP contribution in [0.5, 0.6) is 0 Å². The van der Waals surface area contributed by atoms with Gasteiger partial charge in [0, 0.05) is 32.5 Å². The standard InChI is InChI=1S/C15H21N3/c1-3-4-11-18(15-16-10-12-17(15)2)13-14-8-6-5-7-9-14/h5-10,12H,3-4,11,13H2,1-2H3. The van der Waals surface area contributed by atoms with E-state index in [9.17, 15) is 0 Å². The van der Waals surface area contributed by atoms with E-state index >= 15 is 0 Å². The summed E-state index contributed by atoms with van der Waals surface area (Å²) in [5.74, 6) is 1.05. The first-order chi connectivity index (χ1) is 8.81. The van der Waals surface area contributed by atoms with E-state index in [0.717, 1.165) is 19.0 Å². The van der Waals surface area contributed by atoms with E-state index < -0.39 is 0 Å².